The number of hydrogen-bond donors (Lipinski definition) is 0. The van der Waals surface area contributed by atoms with Gasteiger partial charge in [-0.05, 0) is 97.1 Å². The minimum absolute atomic E-state index is 0.0613. The summed E-state index contributed by atoms with van der Waals surface area (Å²) in [7, 11) is 0. The number of esters is 1. The summed E-state index contributed by atoms with van der Waals surface area (Å²) in [4.78, 5) is 16.6. The van der Waals surface area contributed by atoms with Crippen molar-refractivity contribution in [1.82, 2.24) is 4.98 Å². The van der Waals surface area contributed by atoms with E-state index < -0.39 is 41.7 Å². The maximum atomic E-state index is 14.9. The van der Waals surface area contributed by atoms with Crippen molar-refractivity contribution < 1.29 is 49.0 Å². The second-order valence-corrected chi connectivity index (χ2v) is 12.7. The third-order valence-electron chi connectivity index (χ3n) is 9.51. The summed E-state index contributed by atoms with van der Waals surface area (Å²) >= 11 is 0. The lowest BCUT2D eigenvalue weighted by molar-refractivity contribution is -0.397. The van der Waals surface area contributed by atoms with E-state index in [1.807, 2.05) is 0 Å². The molecule has 42 heavy (non-hydrogen) atoms. The number of aromatic nitrogens is 1. The Bertz CT molecular complexity index is 1260. The number of carbonyl (C=O) groups is 1. The predicted octanol–water partition coefficient (Wildman–Crippen LogP) is 8.76. The predicted molar refractivity (Wildman–Crippen MR) is 134 cm³/mol. The van der Waals surface area contributed by atoms with Crippen LogP contribution in [-0.2, 0) is 10.2 Å². The van der Waals surface area contributed by atoms with E-state index in [9.17, 15) is 44.3 Å². The van der Waals surface area contributed by atoms with Gasteiger partial charge in [-0.1, -0.05) is 19.1 Å². The largest absolute Gasteiger partial charge is 0.460 e. The first-order valence-electron chi connectivity index (χ1n) is 13.8. The lowest BCUT2D eigenvalue weighted by Crippen LogP contribution is -2.62. The molecule has 0 amide bonds. The van der Waals surface area contributed by atoms with Gasteiger partial charge in [0.2, 0.25) is 0 Å². The molecule has 1 aromatic carbocycles. The van der Waals surface area contributed by atoms with Crippen LogP contribution in [0.15, 0.2) is 48.8 Å². The second kappa shape index (κ2) is 10.1. The van der Waals surface area contributed by atoms with E-state index in [-0.39, 0.29) is 28.7 Å². The smallest absolute Gasteiger partial charge is 0.427 e. The molecule has 4 fully saturated rings. The van der Waals surface area contributed by atoms with Crippen molar-refractivity contribution >= 4 is 5.97 Å². The molecule has 4 bridgehead atoms. The van der Waals surface area contributed by atoms with Gasteiger partial charge in [0, 0.05) is 24.2 Å². The van der Waals surface area contributed by atoms with Crippen LogP contribution in [-0.4, -0.2) is 34.9 Å². The Balaban J connectivity index is 1.37. The van der Waals surface area contributed by atoms with Gasteiger partial charge in [-0.25, -0.2) is 0 Å². The average molecular weight is 608 g/mol. The summed E-state index contributed by atoms with van der Waals surface area (Å²) in [5.74, 6) is -18.1. The SMILES string of the molecule is CC(CC(F)(F)C(F)(F)C(F)(F)C(F)(F)F)(c1ccncc1)c1ccc(OC(=O)CC23CC4CC(CC(C4)C2)C3)cc1. The molecule has 6 rings (SSSR count). The number of ether oxygens (including phenoxy) is 1. The zero-order valence-electron chi connectivity index (χ0n) is 22.7. The molecule has 12 heteroatoms. The molecule has 2 aromatic rings. The van der Waals surface area contributed by atoms with Crippen molar-refractivity contribution in [2.24, 2.45) is 23.2 Å². The second-order valence-electron chi connectivity index (χ2n) is 12.7. The van der Waals surface area contributed by atoms with E-state index in [4.69, 9.17) is 4.74 Å². The molecule has 0 radical (unpaired) electrons. The lowest BCUT2D eigenvalue weighted by atomic mass is 9.49. The fraction of sp³-hybridized carbons (Fsp3) is 0.600. The monoisotopic (exact) mass is 607 g/mol. The van der Waals surface area contributed by atoms with Crippen LogP contribution < -0.4 is 4.74 Å². The molecule has 1 heterocycles. The molecule has 0 saturated heterocycles. The molecular weight excluding hydrogens is 577 g/mol. The van der Waals surface area contributed by atoms with Crippen LogP contribution in [0.1, 0.15) is 69.4 Å². The van der Waals surface area contributed by atoms with E-state index in [1.165, 1.54) is 55.7 Å². The van der Waals surface area contributed by atoms with Crippen LogP contribution in [0.25, 0.3) is 0 Å². The van der Waals surface area contributed by atoms with Crippen LogP contribution >= 0.6 is 0 Å². The van der Waals surface area contributed by atoms with Crippen LogP contribution in [0.3, 0.4) is 0 Å². The molecule has 0 spiro atoms. The van der Waals surface area contributed by atoms with Crippen molar-refractivity contribution in [2.45, 2.75) is 87.6 Å². The van der Waals surface area contributed by atoms with E-state index in [2.05, 4.69) is 4.98 Å². The molecule has 4 aliphatic rings. The highest BCUT2D eigenvalue weighted by molar-refractivity contribution is 5.73. The summed E-state index contributed by atoms with van der Waals surface area (Å²) in [5.41, 5.74) is -2.43. The van der Waals surface area contributed by atoms with E-state index >= 15 is 0 Å². The van der Waals surface area contributed by atoms with Gasteiger partial charge < -0.3 is 4.74 Å². The van der Waals surface area contributed by atoms with Gasteiger partial charge in [-0.15, -0.1) is 0 Å². The van der Waals surface area contributed by atoms with Crippen molar-refractivity contribution in [3.8, 4) is 5.75 Å². The normalized spacial score (nSPS) is 27.5. The molecule has 0 N–H and O–H groups in total. The van der Waals surface area contributed by atoms with Gasteiger partial charge in [0.1, 0.15) is 5.75 Å². The summed E-state index contributed by atoms with van der Waals surface area (Å²) in [6.45, 7) is 1.03. The Hall–Kier alpha value is -2.79. The van der Waals surface area contributed by atoms with Gasteiger partial charge in [-0.2, -0.15) is 39.5 Å². The number of pyridine rings is 1. The zero-order valence-corrected chi connectivity index (χ0v) is 22.7. The van der Waals surface area contributed by atoms with Gasteiger partial charge in [0.25, 0.3) is 0 Å². The summed E-state index contributed by atoms with van der Waals surface area (Å²) in [6, 6.07) is 7.26. The third-order valence-corrected chi connectivity index (χ3v) is 9.51. The number of hydrogen-bond acceptors (Lipinski definition) is 3. The molecule has 4 aliphatic carbocycles. The number of carbonyl (C=O) groups excluding carboxylic acids is 1. The van der Waals surface area contributed by atoms with Gasteiger partial charge in [0.05, 0.1) is 6.42 Å². The fourth-order valence-corrected chi connectivity index (χ4v) is 7.92. The fourth-order valence-electron chi connectivity index (χ4n) is 7.92. The topological polar surface area (TPSA) is 39.2 Å². The first-order chi connectivity index (χ1) is 19.4. The quantitative estimate of drug-likeness (QED) is 0.163. The molecule has 4 saturated carbocycles. The Morgan fingerprint density at radius 3 is 1.74 bits per heavy atom. The Morgan fingerprint density at radius 2 is 1.26 bits per heavy atom. The minimum atomic E-state index is -6.99. The van der Waals surface area contributed by atoms with Gasteiger partial charge in [-0.3, -0.25) is 9.78 Å². The van der Waals surface area contributed by atoms with Crippen molar-refractivity contribution in [3.63, 3.8) is 0 Å². The number of nitrogens with zero attached hydrogens (tertiary/aromatic N) is 1. The van der Waals surface area contributed by atoms with Crippen LogP contribution in [0.2, 0.25) is 0 Å². The highest BCUT2D eigenvalue weighted by atomic mass is 19.4. The van der Waals surface area contributed by atoms with Crippen molar-refractivity contribution in [1.29, 1.82) is 0 Å². The average Bonchev–Trinajstić information content (AvgIpc) is 2.87. The highest BCUT2D eigenvalue weighted by Gasteiger charge is 2.82. The van der Waals surface area contributed by atoms with E-state index in [0.29, 0.717) is 17.8 Å². The molecule has 0 aliphatic heterocycles. The van der Waals surface area contributed by atoms with Gasteiger partial charge >= 0.3 is 29.9 Å². The Kier molecular flexibility index (Phi) is 7.41. The lowest BCUT2D eigenvalue weighted by Gasteiger charge is -2.56. The summed E-state index contributed by atoms with van der Waals surface area (Å²) in [5, 5.41) is 0. The maximum absolute atomic E-state index is 14.9. The zero-order chi connectivity index (χ0) is 30.8. The van der Waals surface area contributed by atoms with Crippen molar-refractivity contribution in [3.05, 3.63) is 59.9 Å². The number of rotatable bonds is 9. The molecule has 1 atom stereocenters. The van der Waals surface area contributed by atoms with Gasteiger partial charge in [0.15, 0.2) is 0 Å². The van der Waals surface area contributed by atoms with Crippen LogP contribution in [0.5, 0.6) is 5.75 Å². The van der Waals surface area contributed by atoms with Crippen molar-refractivity contribution in [2.75, 3.05) is 0 Å². The first-order valence-corrected chi connectivity index (χ1v) is 13.8. The van der Waals surface area contributed by atoms with E-state index in [1.54, 1.807) is 0 Å². The molecule has 1 unspecified atom stereocenters. The molecular formula is C30H30F9NO2. The first kappa shape index (κ1) is 30.7. The maximum Gasteiger partial charge on any atom is 0.460 e. The third kappa shape index (κ3) is 5.27. The minimum Gasteiger partial charge on any atom is -0.427 e. The molecule has 3 nitrogen and oxygen atoms in total. The van der Waals surface area contributed by atoms with Crippen LogP contribution in [0, 0.1) is 23.2 Å². The molecule has 1 aromatic heterocycles. The summed E-state index contributed by atoms with van der Waals surface area (Å²) in [6.07, 6.45) is 0.0605. The van der Waals surface area contributed by atoms with E-state index in [0.717, 1.165) is 38.6 Å². The summed E-state index contributed by atoms with van der Waals surface area (Å²) < 4.78 is 129. The standard InChI is InChI=1S/C30H30F9NO2/c1-25(22-6-8-40-9-7-22,17-27(31,32)28(33,34)29(35,36)30(37,38)39)21-2-4-23(5-3-21)42-24(41)16-26-13-18-10-19(14-26)12-20(11-18)15-26/h2-9,18-20H,10-17H2,1H3. The Labute approximate surface area is 236 Å². The highest BCUT2D eigenvalue weighted by Crippen LogP contribution is 2.61. The molecule has 230 valence electrons. The van der Waals surface area contributed by atoms with Crippen LogP contribution in [0.4, 0.5) is 39.5 Å². The number of alkyl halides is 9. The number of halogens is 9. The Morgan fingerprint density at radius 1 is 0.786 bits per heavy atom. The number of benzene rings is 1.